The fourth-order valence-corrected chi connectivity index (χ4v) is 1.04. The van der Waals surface area contributed by atoms with E-state index in [1.807, 2.05) is 13.0 Å². The van der Waals surface area contributed by atoms with Gasteiger partial charge in [-0.1, -0.05) is 6.08 Å². The molecule has 0 aromatic heterocycles. The monoisotopic (exact) mass is 195 g/mol. The maximum atomic E-state index is 9.39. The molecule has 0 saturated heterocycles. The Morgan fingerprint density at radius 2 is 2.29 bits per heavy atom. The summed E-state index contributed by atoms with van der Waals surface area (Å²) in [5.41, 5.74) is 7.16. The highest BCUT2D eigenvalue weighted by Gasteiger charge is 2.14. The molecule has 1 heterocycles. The number of methoxy groups -OCH3 is 1. The van der Waals surface area contributed by atoms with Crippen LogP contribution in [-0.4, -0.2) is 25.9 Å². The van der Waals surface area contributed by atoms with Crippen LogP contribution in [0.1, 0.15) is 6.92 Å². The average Bonchev–Trinajstić information content (AvgIpc) is 2.23. The fourth-order valence-electron chi connectivity index (χ4n) is 1.04. The molecule has 0 amide bonds. The van der Waals surface area contributed by atoms with E-state index in [0.717, 1.165) is 5.57 Å². The van der Waals surface area contributed by atoms with Crippen molar-refractivity contribution >= 4 is 7.12 Å². The Hall–Kier alpha value is -1.20. The second kappa shape index (κ2) is 4.88. The number of ether oxygens (including phenoxy) is 1. The zero-order chi connectivity index (χ0) is 10.6. The molecule has 0 radical (unpaired) electrons. The lowest BCUT2D eigenvalue weighted by atomic mass is 9.89. The summed E-state index contributed by atoms with van der Waals surface area (Å²) < 4.78 is 10.1. The van der Waals surface area contributed by atoms with Crippen LogP contribution in [0.4, 0.5) is 0 Å². The molecule has 0 unspecified atom stereocenters. The SMILES string of the molecule is COC1=CB(O)OC/C(C)=C/C=C1N. The molecule has 5 heteroatoms. The second-order valence-electron chi connectivity index (χ2n) is 3.07. The van der Waals surface area contributed by atoms with Gasteiger partial charge in [-0.3, -0.25) is 0 Å². The van der Waals surface area contributed by atoms with Crippen LogP contribution < -0.4 is 5.73 Å². The summed E-state index contributed by atoms with van der Waals surface area (Å²) in [6, 6.07) is 0. The van der Waals surface area contributed by atoms with E-state index < -0.39 is 7.12 Å². The lowest BCUT2D eigenvalue weighted by molar-refractivity contribution is 0.282. The summed E-state index contributed by atoms with van der Waals surface area (Å²) in [5, 5.41) is 9.39. The first-order valence-corrected chi connectivity index (χ1v) is 4.32. The summed E-state index contributed by atoms with van der Waals surface area (Å²) in [7, 11) is 0.506. The first kappa shape index (κ1) is 10.9. The van der Waals surface area contributed by atoms with Gasteiger partial charge in [0.2, 0.25) is 0 Å². The smallest absolute Gasteiger partial charge is 0.487 e. The van der Waals surface area contributed by atoms with Gasteiger partial charge in [0.15, 0.2) is 0 Å². The predicted octanol–water partition coefficient (Wildman–Crippen LogP) is 0.356. The van der Waals surface area contributed by atoms with Crippen molar-refractivity contribution in [3.63, 3.8) is 0 Å². The molecule has 14 heavy (non-hydrogen) atoms. The van der Waals surface area contributed by atoms with Crippen LogP contribution in [0.2, 0.25) is 0 Å². The van der Waals surface area contributed by atoms with Gasteiger partial charge < -0.3 is 20.1 Å². The van der Waals surface area contributed by atoms with Crippen molar-refractivity contribution in [2.45, 2.75) is 6.92 Å². The van der Waals surface area contributed by atoms with Gasteiger partial charge in [0.25, 0.3) is 0 Å². The van der Waals surface area contributed by atoms with Crippen molar-refractivity contribution in [3.05, 3.63) is 35.2 Å². The van der Waals surface area contributed by atoms with E-state index in [9.17, 15) is 5.02 Å². The molecular formula is C9H14BNO3. The minimum atomic E-state index is -0.988. The third-order valence-corrected chi connectivity index (χ3v) is 1.83. The minimum Gasteiger partial charge on any atom is -0.496 e. The molecule has 0 aromatic carbocycles. The normalized spacial score (nSPS) is 22.2. The highest BCUT2D eigenvalue weighted by atomic mass is 16.5. The van der Waals surface area contributed by atoms with Gasteiger partial charge in [0.1, 0.15) is 5.76 Å². The van der Waals surface area contributed by atoms with Gasteiger partial charge in [-0.2, -0.15) is 0 Å². The molecular weight excluding hydrogens is 181 g/mol. The molecule has 0 bridgehead atoms. The molecule has 0 spiro atoms. The maximum Gasteiger partial charge on any atom is 0.487 e. The molecule has 0 fully saturated rings. The molecule has 1 rings (SSSR count). The number of rotatable bonds is 1. The molecule has 76 valence electrons. The van der Waals surface area contributed by atoms with Gasteiger partial charge in [-0.05, 0) is 24.5 Å². The quantitative estimate of drug-likeness (QED) is 0.592. The molecule has 0 atom stereocenters. The largest absolute Gasteiger partial charge is 0.496 e. The van der Waals surface area contributed by atoms with Gasteiger partial charge in [-0.25, -0.2) is 0 Å². The van der Waals surface area contributed by atoms with Crippen LogP contribution in [0, 0.1) is 0 Å². The van der Waals surface area contributed by atoms with E-state index in [2.05, 4.69) is 0 Å². The van der Waals surface area contributed by atoms with Crippen molar-refractivity contribution in [1.29, 1.82) is 0 Å². The molecule has 0 saturated carbocycles. The topological polar surface area (TPSA) is 64.7 Å². The molecule has 0 aromatic rings. The first-order chi connectivity index (χ1) is 6.63. The van der Waals surface area contributed by atoms with E-state index in [4.69, 9.17) is 15.1 Å². The van der Waals surface area contributed by atoms with E-state index in [-0.39, 0.29) is 0 Å². The van der Waals surface area contributed by atoms with Gasteiger partial charge in [-0.15, -0.1) is 0 Å². The minimum absolute atomic E-state index is 0.373. The molecule has 0 aliphatic carbocycles. The highest BCUT2D eigenvalue weighted by Crippen LogP contribution is 2.09. The number of hydrogen-bond acceptors (Lipinski definition) is 4. The zero-order valence-corrected chi connectivity index (χ0v) is 8.36. The van der Waals surface area contributed by atoms with Crippen LogP contribution in [0.15, 0.2) is 35.2 Å². The Balaban J connectivity index is 2.97. The molecule has 1 aliphatic heterocycles. The Labute approximate surface area is 83.8 Å². The Morgan fingerprint density at radius 3 is 2.93 bits per heavy atom. The highest BCUT2D eigenvalue weighted by molar-refractivity contribution is 6.49. The van der Waals surface area contributed by atoms with Crippen molar-refractivity contribution in [2.24, 2.45) is 5.73 Å². The third-order valence-electron chi connectivity index (χ3n) is 1.83. The third kappa shape index (κ3) is 2.94. The van der Waals surface area contributed by atoms with Gasteiger partial charge >= 0.3 is 7.12 Å². The average molecular weight is 195 g/mol. The molecule has 1 aliphatic rings. The first-order valence-electron chi connectivity index (χ1n) is 4.32. The van der Waals surface area contributed by atoms with Crippen LogP contribution in [0.3, 0.4) is 0 Å². The molecule has 3 N–H and O–H groups in total. The predicted molar refractivity (Wildman–Crippen MR) is 55.0 cm³/mol. The number of nitrogens with two attached hydrogens (primary N) is 1. The summed E-state index contributed by atoms with van der Waals surface area (Å²) in [6.07, 6.45) is 3.56. The van der Waals surface area contributed by atoms with Crippen LogP contribution in [0.5, 0.6) is 0 Å². The van der Waals surface area contributed by atoms with E-state index >= 15 is 0 Å². The Bertz CT molecular complexity index is 296. The standard InChI is InChI=1S/C9H14BNO3/c1-7-3-4-8(11)9(13-2)5-10(12)14-6-7/h3-5,12H,6,11H2,1-2H3/b7-3+,8-4?,9-5?. The summed E-state index contributed by atoms with van der Waals surface area (Å²) in [4.78, 5) is 0. The second-order valence-corrected chi connectivity index (χ2v) is 3.07. The van der Waals surface area contributed by atoms with Crippen molar-refractivity contribution in [2.75, 3.05) is 13.7 Å². The van der Waals surface area contributed by atoms with E-state index in [0.29, 0.717) is 18.1 Å². The molecule has 4 nitrogen and oxygen atoms in total. The Kier molecular flexibility index (Phi) is 3.79. The number of hydrogen-bond donors (Lipinski definition) is 2. The summed E-state index contributed by atoms with van der Waals surface area (Å²) in [5.74, 6) is 1.85. The Morgan fingerprint density at radius 1 is 1.57 bits per heavy atom. The summed E-state index contributed by atoms with van der Waals surface area (Å²) in [6.45, 7) is 2.27. The van der Waals surface area contributed by atoms with Gasteiger partial charge in [0.05, 0.1) is 19.4 Å². The van der Waals surface area contributed by atoms with Crippen molar-refractivity contribution < 1.29 is 14.4 Å². The fraction of sp³-hybridized carbons (Fsp3) is 0.333. The van der Waals surface area contributed by atoms with E-state index in [1.54, 1.807) is 6.08 Å². The maximum absolute atomic E-state index is 9.39. The lowest BCUT2D eigenvalue weighted by Crippen LogP contribution is -2.18. The van der Waals surface area contributed by atoms with Crippen molar-refractivity contribution in [1.82, 2.24) is 0 Å². The number of allylic oxidation sites excluding steroid dienone is 2. The summed E-state index contributed by atoms with van der Waals surface area (Å²) >= 11 is 0. The zero-order valence-electron chi connectivity index (χ0n) is 8.36. The van der Waals surface area contributed by atoms with E-state index in [1.165, 1.54) is 13.1 Å². The van der Waals surface area contributed by atoms with Crippen LogP contribution in [-0.2, 0) is 9.39 Å². The van der Waals surface area contributed by atoms with Crippen LogP contribution >= 0.6 is 0 Å². The van der Waals surface area contributed by atoms with Crippen LogP contribution in [0.25, 0.3) is 0 Å². The van der Waals surface area contributed by atoms with Gasteiger partial charge in [0, 0.05) is 0 Å². The van der Waals surface area contributed by atoms with Crippen molar-refractivity contribution in [3.8, 4) is 0 Å². The lowest BCUT2D eigenvalue weighted by Gasteiger charge is -2.06.